The second kappa shape index (κ2) is 10.4. The van der Waals surface area contributed by atoms with Gasteiger partial charge in [-0.05, 0) is 18.1 Å². The summed E-state index contributed by atoms with van der Waals surface area (Å²) in [6.45, 7) is 6.89. The molecule has 1 aliphatic rings. The van der Waals surface area contributed by atoms with Crippen LogP contribution in [0.3, 0.4) is 0 Å². The molecule has 6 nitrogen and oxygen atoms in total. The molecule has 1 aromatic carbocycles. The zero-order chi connectivity index (χ0) is 23.3. The topological polar surface area (TPSA) is 59.4 Å². The molecule has 176 valence electrons. The minimum Gasteiger partial charge on any atom is -0.379 e. The summed E-state index contributed by atoms with van der Waals surface area (Å²) in [5.41, 5.74) is -2.31. The Bertz CT molecular complexity index is 906. The molecule has 2 heterocycles. The SMILES string of the molecule is CCC(CC)C(CNC(=O)c1cnn(-c2ccccc2F)c1C(F)(F)F)N1CCOCC1. The number of nitrogens with zero attached hydrogens (tertiary/aromatic N) is 3. The van der Waals surface area contributed by atoms with Crippen molar-refractivity contribution >= 4 is 5.91 Å². The molecule has 1 aromatic heterocycles. The summed E-state index contributed by atoms with van der Waals surface area (Å²) in [5.74, 6) is -1.48. The number of nitrogens with one attached hydrogen (secondary N) is 1. The number of carbonyl (C=O) groups excluding carboxylic acids is 1. The minimum absolute atomic E-state index is 0.0196. The van der Waals surface area contributed by atoms with E-state index in [1.165, 1.54) is 18.2 Å². The first kappa shape index (κ1) is 24.2. The van der Waals surface area contributed by atoms with Gasteiger partial charge in [0.1, 0.15) is 11.5 Å². The maximum atomic E-state index is 14.1. The van der Waals surface area contributed by atoms with Crippen molar-refractivity contribution in [1.82, 2.24) is 20.0 Å². The van der Waals surface area contributed by atoms with Gasteiger partial charge in [-0.15, -0.1) is 0 Å². The number of hydrogen-bond donors (Lipinski definition) is 1. The second-order valence-corrected chi connectivity index (χ2v) is 7.77. The van der Waals surface area contributed by atoms with Gasteiger partial charge in [-0.3, -0.25) is 9.69 Å². The second-order valence-electron chi connectivity index (χ2n) is 7.77. The van der Waals surface area contributed by atoms with Crippen LogP contribution >= 0.6 is 0 Å². The number of morpholine rings is 1. The first-order valence-electron chi connectivity index (χ1n) is 10.8. The highest BCUT2D eigenvalue weighted by molar-refractivity contribution is 5.95. The number of hydrogen-bond acceptors (Lipinski definition) is 4. The van der Waals surface area contributed by atoms with Gasteiger partial charge in [0.25, 0.3) is 5.91 Å². The first-order valence-corrected chi connectivity index (χ1v) is 10.8. The number of amides is 1. The molecule has 1 unspecified atom stereocenters. The van der Waals surface area contributed by atoms with E-state index in [0.29, 0.717) is 31.0 Å². The molecule has 1 saturated heterocycles. The Morgan fingerprint density at radius 3 is 2.44 bits per heavy atom. The lowest BCUT2D eigenvalue weighted by atomic mass is 9.92. The molecule has 1 atom stereocenters. The smallest absolute Gasteiger partial charge is 0.379 e. The molecule has 0 bridgehead atoms. The molecule has 1 amide bonds. The number of alkyl halides is 3. The minimum atomic E-state index is -4.90. The first-order chi connectivity index (χ1) is 15.3. The van der Waals surface area contributed by atoms with E-state index in [-0.39, 0.29) is 24.2 Å². The molecule has 0 aliphatic carbocycles. The predicted octanol–water partition coefficient (Wildman–Crippen LogP) is 3.90. The van der Waals surface area contributed by atoms with Gasteiger partial charge in [0, 0.05) is 25.7 Å². The van der Waals surface area contributed by atoms with E-state index in [2.05, 4.69) is 29.2 Å². The van der Waals surface area contributed by atoms with Crippen LogP contribution in [0, 0.1) is 11.7 Å². The van der Waals surface area contributed by atoms with E-state index in [9.17, 15) is 22.4 Å². The molecule has 1 N–H and O–H groups in total. The predicted molar refractivity (Wildman–Crippen MR) is 111 cm³/mol. The van der Waals surface area contributed by atoms with Crippen molar-refractivity contribution in [3.63, 3.8) is 0 Å². The van der Waals surface area contributed by atoms with E-state index in [1.54, 1.807) is 0 Å². The molecular formula is C22H28F4N4O2. The van der Waals surface area contributed by atoms with Crippen molar-refractivity contribution in [3.8, 4) is 5.69 Å². The van der Waals surface area contributed by atoms with Crippen molar-refractivity contribution < 1.29 is 27.1 Å². The summed E-state index contributed by atoms with van der Waals surface area (Å²) < 4.78 is 61.6. The van der Waals surface area contributed by atoms with Crippen LogP contribution in [0.2, 0.25) is 0 Å². The van der Waals surface area contributed by atoms with E-state index >= 15 is 0 Å². The Morgan fingerprint density at radius 1 is 1.19 bits per heavy atom. The molecule has 32 heavy (non-hydrogen) atoms. The highest BCUT2D eigenvalue weighted by atomic mass is 19.4. The fraction of sp³-hybridized carbons (Fsp3) is 0.545. The van der Waals surface area contributed by atoms with Gasteiger partial charge in [-0.1, -0.05) is 38.8 Å². The van der Waals surface area contributed by atoms with Gasteiger partial charge >= 0.3 is 6.18 Å². The highest BCUT2D eigenvalue weighted by Gasteiger charge is 2.41. The van der Waals surface area contributed by atoms with Gasteiger partial charge in [0.05, 0.1) is 25.0 Å². The molecule has 0 spiro atoms. The van der Waals surface area contributed by atoms with Gasteiger partial charge in [-0.2, -0.15) is 18.3 Å². The molecule has 10 heteroatoms. The molecule has 0 radical (unpaired) electrons. The number of aromatic nitrogens is 2. The lowest BCUT2D eigenvalue weighted by molar-refractivity contribution is -0.143. The third-order valence-electron chi connectivity index (χ3n) is 5.94. The zero-order valence-electron chi connectivity index (χ0n) is 18.2. The summed E-state index contributed by atoms with van der Waals surface area (Å²) in [4.78, 5) is 15.0. The Balaban J connectivity index is 1.86. The van der Waals surface area contributed by atoms with Crippen LogP contribution in [0.4, 0.5) is 17.6 Å². The maximum Gasteiger partial charge on any atom is 0.434 e. The highest BCUT2D eigenvalue weighted by Crippen LogP contribution is 2.34. The van der Waals surface area contributed by atoms with E-state index < -0.39 is 29.2 Å². The molecule has 2 aromatic rings. The van der Waals surface area contributed by atoms with Crippen molar-refractivity contribution in [2.45, 2.75) is 38.9 Å². The number of para-hydroxylation sites is 1. The summed E-state index contributed by atoms with van der Waals surface area (Å²) >= 11 is 0. The van der Waals surface area contributed by atoms with Crippen molar-refractivity contribution in [1.29, 1.82) is 0 Å². The van der Waals surface area contributed by atoms with Gasteiger partial charge in [0.15, 0.2) is 5.69 Å². The number of benzene rings is 1. The Morgan fingerprint density at radius 2 is 1.84 bits per heavy atom. The summed E-state index contributed by atoms with van der Waals surface area (Å²) in [5, 5.41) is 6.36. The normalized spacial score (nSPS) is 16.3. The van der Waals surface area contributed by atoms with Crippen molar-refractivity contribution in [3.05, 3.63) is 47.5 Å². The Hall–Kier alpha value is -2.46. The van der Waals surface area contributed by atoms with Crippen LogP contribution in [0.15, 0.2) is 30.5 Å². The van der Waals surface area contributed by atoms with Crippen molar-refractivity contribution in [2.75, 3.05) is 32.8 Å². The van der Waals surface area contributed by atoms with E-state index in [4.69, 9.17) is 4.74 Å². The quantitative estimate of drug-likeness (QED) is 0.613. The average Bonchev–Trinajstić information content (AvgIpc) is 3.23. The lowest BCUT2D eigenvalue weighted by Crippen LogP contribution is -2.52. The van der Waals surface area contributed by atoms with Crippen molar-refractivity contribution in [2.24, 2.45) is 5.92 Å². The molecular weight excluding hydrogens is 428 g/mol. The number of carbonyl (C=O) groups is 1. The molecule has 1 fully saturated rings. The van der Waals surface area contributed by atoms with E-state index in [0.717, 1.165) is 25.1 Å². The molecule has 3 rings (SSSR count). The fourth-order valence-electron chi connectivity index (χ4n) is 4.22. The van der Waals surface area contributed by atoms with Crippen LogP contribution in [-0.4, -0.2) is 59.5 Å². The van der Waals surface area contributed by atoms with Crippen LogP contribution in [0.5, 0.6) is 0 Å². The van der Waals surface area contributed by atoms with Crippen LogP contribution in [0.25, 0.3) is 5.69 Å². The van der Waals surface area contributed by atoms with Crippen LogP contribution in [0.1, 0.15) is 42.7 Å². The van der Waals surface area contributed by atoms with Crippen LogP contribution < -0.4 is 5.32 Å². The van der Waals surface area contributed by atoms with Crippen LogP contribution in [-0.2, 0) is 10.9 Å². The summed E-state index contributed by atoms with van der Waals surface area (Å²) in [6.07, 6.45) is -2.29. The zero-order valence-corrected chi connectivity index (χ0v) is 18.2. The third-order valence-corrected chi connectivity index (χ3v) is 5.94. The van der Waals surface area contributed by atoms with Gasteiger partial charge in [-0.25, -0.2) is 9.07 Å². The summed E-state index contributed by atoms with van der Waals surface area (Å²) in [6, 6.07) is 4.98. The average molecular weight is 456 g/mol. The summed E-state index contributed by atoms with van der Waals surface area (Å²) in [7, 11) is 0. The van der Waals surface area contributed by atoms with Gasteiger partial charge in [0.2, 0.25) is 0 Å². The Kier molecular flexibility index (Phi) is 7.89. The third kappa shape index (κ3) is 5.29. The maximum absolute atomic E-state index is 14.1. The molecule has 0 saturated carbocycles. The van der Waals surface area contributed by atoms with E-state index in [1.807, 2.05) is 0 Å². The lowest BCUT2D eigenvalue weighted by Gasteiger charge is -2.38. The number of ether oxygens (including phenoxy) is 1. The molecule has 1 aliphatic heterocycles. The largest absolute Gasteiger partial charge is 0.434 e. The number of rotatable bonds is 8. The standard InChI is InChI=1S/C22H28F4N4O2/c1-3-15(4-2)19(29-9-11-32-12-10-29)14-27-21(31)16-13-28-30(20(16)22(24,25)26)18-8-6-5-7-17(18)23/h5-8,13,15,19H,3-4,9-12,14H2,1-2H3,(H,27,31). The fourth-order valence-corrected chi connectivity index (χ4v) is 4.22. The number of halogens is 4. The van der Waals surface area contributed by atoms with Gasteiger partial charge < -0.3 is 10.1 Å². The Labute approximate surface area is 184 Å². The monoisotopic (exact) mass is 456 g/mol.